The lowest BCUT2D eigenvalue weighted by atomic mass is 10.2. The third kappa shape index (κ3) is 2.19. The number of hydrogen-bond donors (Lipinski definition) is 1. The first-order chi connectivity index (χ1) is 8.83. The molecule has 0 aliphatic rings. The Morgan fingerprint density at radius 3 is 2.78 bits per heavy atom. The lowest BCUT2D eigenvalue weighted by Gasteiger charge is -2.02. The van der Waals surface area contributed by atoms with Crippen LogP contribution in [0.2, 0.25) is 0 Å². The zero-order valence-corrected chi connectivity index (χ0v) is 10.5. The van der Waals surface area contributed by atoms with E-state index in [1.165, 1.54) is 0 Å². The van der Waals surface area contributed by atoms with Crippen LogP contribution in [0.3, 0.4) is 0 Å². The Morgan fingerprint density at radius 1 is 1.11 bits per heavy atom. The van der Waals surface area contributed by atoms with E-state index in [0.29, 0.717) is 5.75 Å². The highest BCUT2D eigenvalue weighted by molar-refractivity contribution is 7.84. The Hall–Kier alpha value is -1.94. The Bertz CT molecular complexity index is 691. The number of rotatable bonds is 3. The summed E-state index contributed by atoms with van der Waals surface area (Å²) < 4.78 is 12.3. The van der Waals surface area contributed by atoms with Crippen molar-refractivity contribution in [3.63, 3.8) is 0 Å². The van der Waals surface area contributed by atoms with Gasteiger partial charge in [-0.1, -0.05) is 30.3 Å². The van der Waals surface area contributed by atoms with Gasteiger partial charge in [0, 0.05) is 4.90 Å². The number of benzene rings is 2. The highest BCUT2D eigenvalue weighted by Gasteiger charge is 2.06. The summed E-state index contributed by atoms with van der Waals surface area (Å²) >= 11 is 0. The van der Waals surface area contributed by atoms with Crippen LogP contribution in [0.15, 0.2) is 59.8 Å². The number of hydrogen-bond acceptors (Lipinski definition) is 2. The molecule has 1 N–H and O–H groups in total. The molecule has 0 bridgehead atoms. The summed E-state index contributed by atoms with van der Waals surface area (Å²) in [4.78, 5) is 8.01. The molecule has 1 unspecified atom stereocenters. The van der Waals surface area contributed by atoms with Crippen LogP contribution in [0.4, 0.5) is 0 Å². The quantitative estimate of drug-likeness (QED) is 0.783. The van der Waals surface area contributed by atoms with Crippen LogP contribution in [-0.4, -0.2) is 14.2 Å². The second-order valence-corrected chi connectivity index (χ2v) is 5.51. The fraction of sp³-hybridized carbons (Fsp3) is 0.0714. The van der Waals surface area contributed by atoms with Crippen molar-refractivity contribution < 1.29 is 4.21 Å². The SMILES string of the molecule is O=S(Cc1ccccc1)c1ccc2nc[nH]c2c1. The van der Waals surface area contributed by atoms with Crippen molar-refractivity contribution in [3.8, 4) is 0 Å². The molecule has 0 radical (unpaired) electrons. The molecule has 0 amide bonds. The van der Waals surface area contributed by atoms with Gasteiger partial charge in [0.2, 0.25) is 0 Å². The van der Waals surface area contributed by atoms with Crippen LogP contribution in [0.25, 0.3) is 11.0 Å². The molecule has 0 aliphatic carbocycles. The van der Waals surface area contributed by atoms with Crippen molar-refractivity contribution >= 4 is 21.8 Å². The molecule has 3 aromatic rings. The third-order valence-electron chi connectivity index (χ3n) is 2.80. The van der Waals surface area contributed by atoms with Gasteiger partial charge in [-0.25, -0.2) is 4.98 Å². The monoisotopic (exact) mass is 256 g/mol. The lowest BCUT2D eigenvalue weighted by molar-refractivity contribution is 0.682. The third-order valence-corrected chi connectivity index (χ3v) is 4.17. The van der Waals surface area contributed by atoms with Crippen LogP contribution in [0, 0.1) is 0 Å². The fourth-order valence-corrected chi connectivity index (χ4v) is 3.00. The topological polar surface area (TPSA) is 45.8 Å². The van der Waals surface area contributed by atoms with Crippen LogP contribution in [0.5, 0.6) is 0 Å². The first-order valence-corrected chi connectivity index (χ1v) is 7.00. The second-order valence-electron chi connectivity index (χ2n) is 4.06. The molecule has 0 aliphatic heterocycles. The molecule has 18 heavy (non-hydrogen) atoms. The van der Waals surface area contributed by atoms with Gasteiger partial charge in [-0.15, -0.1) is 0 Å². The van der Waals surface area contributed by atoms with Gasteiger partial charge < -0.3 is 4.98 Å². The summed E-state index contributed by atoms with van der Waals surface area (Å²) in [6.07, 6.45) is 1.65. The molecule has 4 heteroatoms. The number of nitrogens with one attached hydrogen (secondary N) is 1. The van der Waals surface area contributed by atoms with E-state index in [0.717, 1.165) is 21.5 Å². The van der Waals surface area contributed by atoms with Crippen molar-refractivity contribution in [1.29, 1.82) is 0 Å². The van der Waals surface area contributed by atoms with E-state index in [-0.39, 0.29) is 0 Å². The van der Waals surface area contributed by atoms with E-state index in [2.05, 4.69) is 9.97 Å². The van der Waals surface area contributed by atoms with Crippen LogP contribution in [0.1, 0.15) is 5.56 Å². The van der Waals surface area contributed by atoms with Gasteiger partial charge in [-0.05, 0) is 23.8 Å². The van der Waals surface area contributed by atoms with Crippen LogP contribution < -0.4 is 0 Å². The van der Waals surface area contributed by atoms with E-state index in [1.54, 1.807) is 6.33 Å². The number of fused-ring (bicyclic) bond motifs is 1. The van der Waals surface area contributed by atoms with Crippen molar-refractivity contribution in [1.82, 2.24) is 9.97 Å². The average molecular weight is 256 g/mol. The first kappa shape index (κ1) is 11.2. The first-order valence-electron chi connectivity index (χ1n) is 5.68. The minimum atomic E-state index is -1.02. The highest BCUT2D eigenvalue weighted by Crippen LogP contribution is 2.17. The molecular weight excluding hydrogens is 244 g/mol. The number of nitrogens with zero attached hydrogens (tertiary/aromatic N) is 1. The second kappa shape index (κ2) is 4.74. The van der Waals surface area contributed by atoms with Gasteiger partial charge in [-0.2, -0.15) is 0 Å². The van der Waals surface area contributed by atoms with Crippen molar-refractivity contribution in [2.75, 3.05) is 0 Å². The zero-order valence-electron chi connectivity index (χ0n) is 9.67. The maximum absolute atomic E-state index is 12.3. The Labute approximate surface area is 107 Å². The summed E-state index contributed by atoms with van der Waals surface area (Å²) in [7, 11) is -1.02. The van der Waals surface area contributed by atoms with Gasteiger partial charge in [0.1, 0.15) is 0 Å². The Kier molecular flexibility index (Phi) is 2.94. The molecular formula is C14H12N2OS. The molecule has 0 spiro atoms. The van der Waals surface area contributed by atoms with Crippen molar-refractivity contribution in [2.45, 2.75) is 10.6 Å². The maximum Gasteiger partial charge on any atom is 0.0931 e. The smallest absolute Gasteiger partial charge is 0.0931 e. The lowest BCUT2D eigenvalue weighted by Crippen LogP contribution is -1.96. The van der Waals surface area contributed by atoms with Gasteiger partial charge in [0.05, 0.1) is 33.9 Å². The highest BCUT2D eigenvalue weighted by atomic mass is 32.2. The minimum absolute atomic E-state index is 0.542. The normalized spacial score (nSPS) is 12.7. The summed E-state index contributed by atoms with van der Waals surface area (Å²) in [5, 5.41) is 0. The van der Waals surface area contributed by atoms with E-state index < -0.39 is 10.8 Å². The average Bonchev–Trinajstić information content (AvgIpc) is 2.87. The van der Waals surface area contributed by atoms with Gasteiger partial charge in [-0.3, -0.25) is 4.21 Å². The number of H-pyrrole nitrogens is 1. The summed E-state index contributed by atoms with van der Waals surface area (Å²) in [5.41, 5.74) is 2.91. The van der Waals surface area contributed by atoms with Crippen LogP contribution in [-0.2, 0) is 16.6 Å². The summed E-state index contributed by atoms with van der Waals surface area (Å²) in [5.74, 6) is 0.542. The van der Waals surface area contributed by atoms with Crippen molar-refractivity contribution in [2.24, 2.45) is 0 Å². The number of imidazole rings is 1. The summed E-state index contributed by atoms with van der Waals surface area (Å²) in [6.45, 7) is 0. The molecule has 0 fully saturated rings. The fourth-order valence-electron chi connectivity index (χ4n) is 1.87. The molecule has 2 aromatic carbocycles. The predicted molar refractivity (Wildman–Crippen MR) is 72.6 cm³/mol. The van der Waals surface area contributed by atoms with Gasteiger partial charge in [0.15, 0.2) is 0 Å². The molecule has 1 heterocycles. The molecule has 3 nitrogen and oxygen atoms in total. The van der Waals surface area contributed by atoms with Crippen LogP contribution >= 0.6 is 0 Å². The predicted octanol–water partition coefficient (Wildman–Crippen LogP) is 2.87. The van der Waals surface area contributed by atoms with E-state index >= 15 is 0 Å². The largest absolute Gasteiger partial charge is 0.345 e. The van der Waals surface area contributed by atoms with E-state index in [9.17, 15) is 4.21 Å². The Balaban J connectivity index is 1.87. The van der Waals surface area contributed by atoms with Crippen molar-refractivity contribution in [3.05, 3.63) is 60.4 Å². The number of aromatic amines is 1. The van der Waals surface area contributed by atoms with E-state index in [1.807, 2.05) is 48.5 Å². The minimum Gasteiger partial charge on any atom is -0.345 e. The molecule has 0 saturated carbocycles. The number of aromatic nitrogens is 2. The van der Waals surface area contributed by atoms with Gasteiger partial charge >= 0.3 is 0 Å². The van der Waals surface area contributed by atoms with Gasteiger partial charge in [0.25, 0.3) is 0 Å². The molecule has 0 saturated heterocycles. The standard InChI is InChI=1S/C14H12N2OS/c17-18(9-11-4-2-1-3-5-11)12-6-7-13-14(8-12)16-10-15-13/h1-8,10H,9H2,(H,15,16). The molecule has 3 rings (SSSR count). The molecule has 90 valence electrons. The maximum atomic E-state index is 12.3. The molecule has 1 aromatic heterocycles. The summed E-state index contributed by atoms with van der Waals surface area (Å²) in [6, 6.07) is 15.5. The Morgan fingerprint density at radius 2 is 1.94 bits per heavy atom. The van der Waals surface area contributed by atoms with E-state index in [4.69, 9.17) is 0 Å². The zero-order chi connectivity index (χ0) is 12.4. The molecule has 1 atom stereocenters.